The van der Waals surface area contributed by atoms with Crippen LogP contribution in [-0.2, 0) is 5.41 Å². The Morgan fingerprint density at radius 3 is 2.44 bits per heavy atom. The zero-order valence-electron chi connectivity index (χ0n) is 10.3. The van der Waals surface area contributed by atoms with Gasteiger partial charge in [-0.3, -0.25) is 0 Å². The molecule has 1 atom stereocenters. The van der Waals surface area contributed by atoms with Crippen molar-refractivity contribution in [2.75, 3.05) is 6.54 Å². The third-order valence-electron chi connectivity index (χ3n) is 3.59. The number of hydrogen-bond acceptors (Lipinski definition) is 1. The average molecular weight is 215 g/mol. The van der Waals surface area contributed by atoms with Gasteiger partial charge in [0, 0.05) is 11.5 Å². The van der Waals surface area contributed by atoms with Gasteiger partial charge in [0.1, 0.15) is 0 Å². The fourth-order valence-corrected chi connectivity index (χ4v) is 2.69. The zero-order valence-corrected chi connectivity index (χ0v) is 10.3. The first-order chi connectivity index (χ1) is 7.70. The lowest BCUT2D eigenvalue weighted by atomic mass is 9.84. The van der Waals surface area contributed by atoms with Crippen molar-refractivity contribution in [3.8, 4) is 0 Å². The molecule has 0 aromatic heterocycles. The van der Waals surface area contributed by atoms with Gasteiger partial charge >= 0.3 is 0 Å². The van der Waals surface area contributed by atoms with Gasteiger partial charge in [-0.05, 0) is 31.9 Å². The molecule has 1 nitrogen and oxygen atoms in total. The zero-order chi connectivity index (χ0) is 11.6. The van der Waals surface area contributed by atoms with Gasteiger partial charge in [-0.1, -0.05) is 49.4 Å². The summed E-state index contributed by atoms with van der Waals surface area (Å²) in [7, 11) is 0. The highest BCUT2D eigenvalue weighted by atomic mass is 14.9. The van der Waals surface area contributed by atoms with Crippen molar-refractivity contribution in [3.63, 3.8) is 0 Å². The lowest BCUT2D eigenvalue weighted by Crippen LogP contribution is -2.40. The smallest absolute Gasteiger partial charge is 0.0371 e. The topological polar surface area (TPSA) is 12.0 Å². The van der Waals surface area contributed by atoms with Crippen LogP contribution in [0, 0.1) is 0 Å². The van der Waals surface area contributed by atoms with E-state index >= 15 is 0 Å². The second-order valence-electron chi connectivity index (χ2n) is 4.86. The van der Waals surface area contributed by atoms with E-state index in [1.54, 1.807) is 0 Å². The Kier molecular flexibility index (Phi) is 3.15. The molecule has 1 aliphatic rings. The van der Waals surface area contributed by atoms with Crippen LogP contribution in [0.5, 0.6) is 0 Å². The number of hydrogen-bond donors (Lipinski definition) is 1. The summed E-state index contributed by atoms with van der Waals surface area (Å²) in [5.74, 6) is 0. The quantitative estimate of drug-likeness (QED) is 0.743. The van der Waals surface area contributed by atoms with Crippen LogP contribution < -0.4 is 5.32 Å². The maximum atomic E-state index is 4.14. The van der Waals surface area contributed by atoms with Gasteiger partial charge in [0.15, 0.2) is 0 Å². The van der Waals surface area contributed by atoms with Gasteiger partial charge in [0.25, 0.3) is 0 Å². The lowest BCUT2D eigenvalue weighted by molar-refractivity contribution is 0.476. The van der Waals surface area contributed by atoms with Gasteiger partial charge < -0.3 is 5.32 Å². The molecule has 0 radical (unpaired) electrons. The molecule has 1 N–H and O–H groups in total. The second kappa shape index (κ2) is 4.42. The molecule has 86 valence electrons. The molecule has 1 unspecified atom stereocenters. The van der Waals surface area contributed by atoms with Crippen LogP contribution in [0.1, 0.15) is 32.3 Å². The summed E-state index contributed by atoms with van der Waals surface area (Å²) >= 11 is 0. The van der Waals surface area contributed by atoms with Crippen LogP contribution in [0.15, 0.2) is 42.5 Å². The molecular formula is C15H21N. The third-order valence-corrected chi connectivity index (χ3v) is 3.59. The molecule has 1 heteroatoms. The van der Waals surface area contributed by atoms with Crippen LogP contribution in [0.3, 0.4) is 0 Å². The van der Waals surface area contributed by atoms with Crippen molar-refractivity contribution >= 4 is 0 Å². The maximum absolute atomic E-state index is 4.14. The standard InChI is InChI=1S/C15H21N/c1-4-16-14(12(2)3)15(10-11-15)13-8-6-5-7-9-13/h5-9,14,16H,2,4,10-11H2,1,3H3. The first kappa shape index (κ1) is 11.4. The molecule has 1 saturated carbocycles. The van der Waals surface area contributed by atoms with E-state index in [1.165, 1.54) is 24.0 Å². The van der Waals surface area contributed by atoms with E-state index in [0.29, 0.717) is 11.5 Å². The van der Waals surface area contributed by atoms with Crippen molar-refractivity contribution in [1.29, 1.82) is 0 Å². The highest BCUT2D eigenvalue weighted by Gasteiger charge is 2.50. The fraction of sp³-hybridized carbons (Fsp3) is 0.467. The Balaban J connectivity index is 2.27. The predicted molar refractivity (Wildman–Crippen MR) is 69.6 cm³/mol. The summed E-state index contributed by atoms with van der Waals surface area (Å²) in [6.45, 7) is 9.45. The minimum absolute atomic E-state index is 0.323. The molecule has 0 saturated heterocycles. The van der Waals surface area contributed by atoms with Crippen molar-refractivity contribution in [3.05, 3.63) is 48.0 Å². The molecule has 1 aromatic carbocycles. The van der Waals surface area contributed by atoms with E-state index in [2.05, 4.69) is 56.1 Å². The van der Waals surface area contributed by atoms with Crippen LogP contribution >= 0.6 is 0 Å². The van der Waals surface area contributed by atoms with E-state index in [9.17, 15) is 0 Å². The van der Waals surface area contributed by atoms with Gasteiger partial charge in [-0.2, -0.15) is 0 Å². The van der Waals surface area contributed by atoms with Crippen molar-refractivity contribution in [2.24, 2.45) is 0 Å². The normalized spacial score (nSPS) is 19.1. The van der Waals surface area contributed by atoms with E-state index < -0.39 is 0 Å². The largest absolute Gasteiger partial charge is 0.310 e. The average Bonchev–Trinajstić information content (AvgIpc) is 3.08. The Labute approximate surface area is 98.6 Å². The van der Waals surface area contributed by atoms with Gasteiger partial charge in [-0.25, -0.2) is 0 Å². The summed E-state index contributed by atoms with van der Waals surface area (Å²) < 4.78 is 0. The lowest BCUT2D eigenvalue weighted by Gasteiger charge is -2.28. The summed E-state index contributed by atoms with van der Waals surface area (Å²) in [6.07, 6.45) is 2.56. The van der Waals surface area contributed by atoms with E-state index in [-0.39, 0.29) is 0 Å². The summed E-state index contributed by atoms with van der Waals surface area (Å²) in [5, 5.41) is 3.58. The summed E-state index contributed by atoms with van der Waals surface area (Å²) in [6, 6.07) is 11.3. The van der Waals surface area contributed by atoms with Gasteiger partial charge in [-0.15, -0.1) is 0 Å². The number of likely N-dealkylation sites (N-methyl/N-ethyl adjacent to an activating group) is 1. The highest BCUT2D eigenvalue weighted by molar-refractivity contribution is 5.37. The Bertz CT molecular complexity index is 362. The molecule has 0 heterocycles. The van der Waals surface area contributed by atoms with E-state index in [4.69, 9.17) is 0 Å². The minimum Gasteiger partial charge on any atom is -0.310 e. The van der Waals surface area contributed by atoms with Crippen LogP contribution in [-0.4, -0.2) is 12.6 Å². The SMILES string of the molecule is C=C(C)C(NCC)C1(c2ccccc2)CC1. The predicted octanol–water partition coefficient (Wildman–Crippen LogP) is 3.27. The van der Waals surface area contributed by atoms with Crippen LogP contribution in [0.4, 0.5) is 0 Å². The van der Waals surface area contributed by atoms with Crippen molar-refractivity contribution in [2.45, 2.75) is 38.1 Å². The van der Waals surface area contributed by atoms with Crippen molar-refractivity contribution < 1.29 is 0 Å². The van der Waals surface area contributed by atoms with E-state index in [1.807, 2.05) is 0 Å². The Morgan fingerprint density at radius 2 is 2.00 bits per heavy atom. The van der Waals surface area contributed by atoms with Gasteiger partial charge in [0.2, 0.25) is 0 Å². The molecule has 0 aliphatic heterocycles. The fourth-order valence-electron chi connectivity index (χ4n) is 2.69. The third kappa shape index (κ3) is 1.92. The molecule has 0 spiro atoms. The first-order valence-corrected chi connectivity index (χ1v) is 6.15. The molecular weight excluding hydrogens is 194 g/mol. The number of nitrogens with one attached hydrogen (secondary N) is 1. The Hall–Kier alpha value is -1.08. The monoisotopic (exact) mass is 215 g/mol. The molecule has 1 fully saturated rings. The first-order valence-electron chi connectivity index (χ1n) is 6.15. The van der Waals surface area contributed by atoms with Crippen LogP contribution in [0.2, 0.25) is 0 Å². The summed E-state index contributed by atoms with van der Waals surface area (Å²) in [4.78, 5) is 0. The van der Waals surface area contributed by atoms with Crippen LogP contribution in [0.25, 0.3) is 0 Å². The Morgan fingerprint density at radius 1 is 1.38 bits per heavy atom. The minimum atomic E-state index is 0.323. The molecule has 1 aliphatic carbocycles. The number of benzene rings is 1. The molecule has 2 rings (SSSR count). The molecule has 1 aromatic rings. The molecule has 16 heavy (non-hydrogen) atoms. The highest BCUT2D eigenvalue weighted by Crippen LogP contribution is 2.52. The summed E-state index contributed by atoms with van der Waals surface area (Å²) in [5.41, 5.74) is 3.04. The van der Waals surface area contributed by atoms with Gasteiger partial charge in [0.05, 0.1) is 0 Å². The molecule has 0 amide bonds. The molecule has 0 bridgehead atoms. The van der Waals surface area contributed by atoms with E-state index in [0.717, 1.165) is 6.54 Å². The van der Waals surface area contributed by atoms with Crippen molar-refractivity contribution in [1.82, 2.24) is 5.32 Å². The maximum Gasteiger partial charge on any atom is 0.0371 e. The number of rotatable bonds is 5. The second-order valence-corrected chi connectivity index (χ2v) is 4.86.